The van der Waals surface area contributed by atoms with Crippen LogP contribution in [0.5, 0.6) is 0 Å². The van der Waals surface area contributed by atoms with Crippen LogP contribution in [0.2, 0.25) is 0 Å². The number of carbonyl (C=O) groups is 1. The van der Waals surface area contributed by atoms with E-state index in [1.807, 2.05) is 0 Å². The quantitative estimate of drug-likeness (QED) is 0.824. The van der Waals surface area contributed by atoms with Crippen LogP contribution in [0.15, 0.2) is 24.5 Å². The van der Waals surface area contributed by atoms with Crippen LogP contribution in [-0.2, 0) is 11.2 Å². The van der Waals surface area contributed by atoms with Gasteiger partial charge in [-0.15, -0.1) is 0 Å². The van der Waals surface area contributed by atoms with Gasteiger partial charge in [0.05, 0.1) is 18.4 Å². The molecule has 1 aromatic heterocycles. The normalized spacial score (nSPS) is 10.3. The van der Waals surface area contributed by atoms with Crippen molar-refractivity contribution in [1.29, 1.82) is 0 Å². The number of rotatable bonds is 5. The van der Waals surface area contributed by atoms with Gasteiger partial charge in [0.2, 0.25) is 0 Å². The van der Waals surface area contributed by atoms with Crippen molar-refractivity contribution >= 4 is 11.7 Å². The molecule has 0 fully saturated rings. The number of nitrogens with one attached hydrogen (secondary N) is 2. The first-order chi connectivity index (χ1) is 9.63. The molecule has 0 bridgehead atoms. The molecule has 20 heavy (non-hydrogen) atoms. The number of ether oxygens (including phenoxy) is 1. The van der Waals surface area contributed by atoms with Crippen molar-refractivity contribution < 1.29 is 18.3 Å². The van der Waals surface area contributed by atoms with Crippen molar-refractivity contribution in [3.63, 3.8) is 0 Å². The smallest absolute Gasteiger partial charge is 0.340 e. The lowest BCUT2D eigenvalue weighted by Gasteiger charge is -2.09. The summed E-state index contributed by atoms with van der Waals surface area (Å²) in [6.07, 6.45) is 3.83. The van der Waals surface area contributed by atoms with Gasteiger partial charge in [-0.25, -0.2) is 18.6 Å². The third-order valence-electron chi connectivity index (χ3n) is 2.72. The highest BCUT2D eigenvalue weighted by molar-refractivity contribution is 5.90. The number of aromatic nitrogens is 2. The summed E-state index contributed by atoms with van der Waals surface area (Å²) in [7, 11) is 1.11. The average Bonchev–Trinajstić information content (AvgIpc) is 2.96. The second-order valence-electron chi connectivity index (χ2n) is 3.99. The van der Waals surface area contributed by atoms with E-state index in [2.05, 4.69) is 20.0 Å². The van der Waals surface area contributed by atoms with Crippen LogP contribution in [0.4, 0.5) is 14.5 Å². The molecule has 0 aliphatic rings. The van der Waals surface area contributed by atoms with Crippen LogP contribution in [0.25, 0.3) is 0 Å². The van der Waals surface area contributed by atoms with Crippen molar-refractivity contribution in [1.82, 2.24) is 9.97 Å². The van der Waals surface area contributed by atoms with Crippen LogP contribution >= 0.6 is 0 Å². The zero-order valence-electron chi connectivity index (χ0n) is 10.7. The van der Waals surface area contributed by atoms with E-state index < -0.39 is 23.2 Å². The molecule has 2 aromatic rings. The molecule has 0 radical (unpaired) electrons. The summed E-state index contributed by atoms with van der Waals surface area (Å²) in [6.45, 7) is 0.376. The number of hydrogen-bond acceptors (Lipinski definition) is 4. The molecule has 0 amide bonds. The maximum absolute atomic E-state index is 13.8. The summed E-state index contributed by atoms with van der Waals surface area (Å²) >= 11 is 0. The van der Waals surface area contributed by atoms with E-state index in [-0.39, 0.29) is 5.69 Å². The highest BCUT2D eigenvalue weighted by Gasteiger charge is 2.18. The number of H-pyrrole nitrogens is 1. The van der Waals surface area contributed by atoms with E-state index >= 15 is 0 Å². The number of carbonyl (C=O) groups excluding carboxylic acids is 1. The maximum atomic E-state index is 13.8. The van der Waals surface area contributed by atoms with Gasteiger partial charge in [-0.2, -0.15) is 0 Å². The number of benzene rings is 1. The lowest BCUT2D eigenvalue weighted by atomic mass is 10.1. The summed E-state index contributed by atoms with van der Waals surface area (Å²) in [4.78, 5) is 18.1. The Kier molecular flexibility index (Phi) is 4.29. The molecule has 0 atom stereocenters. The Bertz CT molecular complexity index is 600. The molecule has 5 nitrogen and oxygen atoms in total. The fourth-order valence-electron chi connectivity index (χ4n) is 1.70. The molecule has 1 aromatic carbocycles. The highest BCUT2D eigenvalue weighted by Crippen LogP contribution is 2.21. The molecule has 7 heteroatoms. The molecule has 0 aliphatic heterocycles. The number of nitrogens with zero attached hydrogens (tertiary/aromatic N) is 1. The fraction of sp³-hybridized carbons (Fsp3) is 0.231. The van der Waals surface area contributed by atoms with E-state index in [4.69, 9.17) is 0 Å². The lowest BCUT2D eigenvalue weighted by Crippen LogP contribution is -2.11. The largest absolute Gasteiger partial charge is 0.465 e. The topological polar surface area (TPSA) is 67.0 Å². The van der Waals surface area contributed by atoms with Gasteiger partial charge < -0.3 is 15.0 Å². The van der Waals surface area contributed by atoms with E-state index in [1.165, 1.54) is 12.1 Å². The van der Waals surface area contributed by atoms with Gasteiger partial charge in [0.1, 0.15) is 5.82 Å². The second kappa shape index (κ2) is 6.14. The summed E-state index contributed by atoms with van der Waals surface area (Å²) in [6, 6.07) is 2.48. The van der Waals surface area contributed by atoms with Crippen LogP contribution in [0.1, 0.15) is 16.2 Å². The van der Waals surface area contributed by atoms with E-state index in [0.717, 1.165) is 12.9 Å². The predicted molar refractivity (Wildman–Crippen MR) is 68.5 cm³/mol. The van der Waals surface area contributed by atoms with E-state index in [0.29, 0.717) is 13.0 Å². The Labute approximate surface area is 114 Å². The van der Waals surface area contributed by atoms with Crippen molar-refractivity contribution in [2.75, 3.05) is 19.0 Å². The molecule has 2 rings (SSSR count). The lowest BCUT2D eigenvalue weighted by molar-refractivity contribution is 0.0594. The van der Waals surface area contributed by atoms with Gasteiger partial charge in [0, 0.05) is 25.4 Å². The van der Waals surface area contributed by atoms with Crippen LogP contribution in [-0.4, -0.2) is 29.6 Å². The molecule has 0 saturated carbocycles. The van der Waals surface area contributed by atoms with Gasteiger partial charge >= 0.3 is 5.97 Å². The van der Waals surface area contributed by atoms with Gasteiger partial charge in [-0.05, 0) is 12.1 Å². The van der Waals surface area contributed by atoms with Crippen LogP contribution in [0.3, 0.4) is 0 Å². The summed E-state index contributed by atoms with van der Waals surface area (Å²) < 4.78 is 31.8. The third-order valence-corrected chi connectivity index (χ3v) is 2.72. The SMILES string of the molecule is COC(=O)c1ccc(NCCc2ncc[nH]2)c(F)c1F. The number of aromatic amines is 1. The van der Waals surface area contributed by atoms with E-state index in [1.54, 1.807) is 12.4 Å². The van der Waals surface area contributed by atoms with E-state index in [9.17, 15) is 13.6 Å². The number of halogens is 2. The van der Waals surface area contributed by atoms with Crippen molar-refractivity contribution in [3.05, 3.63) is 47.5 Å². The molecule has 0 spiro atoms. The maximum Gasteiger partial charge on any atom is 0.340 e. The highest BCUT2D eigenvalue weighted by atomic mass is 19.2. The molecular formula is C13H13F2N3O2. The number of methoxy groups -OCH3 is 1. The first-order valence-electron chi connectivity index (χ1n) is 5.92. The van der Waals surface area contributed by atoms with Gasteiger partial charge in [0.25, 0.3) is 0 Å². The number of anilines is 1. The Morgan fingerprint density at radius 3 is 2.85 bits per heavy atom. The Balaban J connectivity index is 2.05. The second-order valence-corrected chi connectivity index (χ2v) is 3.99. The zero-order chi connectivity index (χ0) is 14.5. The van der Waals surface area contributed by atoms with Gasteiger partial charge in [-0.3, -0.25) is 0 Å². The molecular weight excluding hydrogens is 268 g/mol. The molecule has 1 heterocycles. The van der Waals surface area contributed by atoms with Crippen molar-refractivity contribution in [2.24, 2.45) is 0 Å². The summed E-state index contributed by atoms with van der Waals surface area (Å²) in [5, 5.41) is 2.75. The molecule has 106 valence electrons. The summed E-state index contributed by atoms with van der Waals surface area (Å²) in [5.41, 5.74) is -0.441. The monoisotopic (exact) mass is 281 g/mol. The van der Waals surface area contributed by atoms with Gasteiger partial charge in [0.15, 0.2) is 11.6 Å². The number of hydrogen-bond donors (Lipinski definition) is 2. The van der Waals surface area contributed by atoms with Crippen molar-refractivity contribution in [2.45, 2.75) is 6.42 Å². The standard InChI is InChI=1S/C13H13F2N3O2/c1-20-13(19)8-2-3-9(12(15)11(8)14)16-5-4-10-17-6-7-18-10/h2-3,6-7,16H,4-5H2,1H3,(H,17,18). The molecule has 0 aliphatic carbocycles. The number of esters is 1. The predicted octanol–water partition coefficient (Wildman–Crippen LogP) is 2.13. The minimum Gasteiger partial charge on any atom is -0.465 e. The zero-order valence-corrected chi connectivity index (χ0v) is 10.7. The Hall–Kier alpha value is -2.44. The molecule has 0 unspecified atom stereocenters. The fourth-order valence-corrected chi connectivity index (χ4v) is 1.70. The number of imidazole rings is 1. The minimum atomic E-state index is -1.22. The van der Waals surface area contributed by atoms with Gasteiger partial charge in [-0.1, -0.05) is 0 Å². The van der Waals surface area contributed by atoms with Crippen molar-refractivity contribution in [3.8, 4) is 0 Å². The van der Waals surface area contributed by atoms with Crippen LogP contribution in [0, 0.1) is 11.6 Å². The van der Waals surface area contributed by atoms with Crippen LogP contribution < -0.4 is 5.32 Å². The Morgan fingerprint density at radius 1 is 1.40 bits per heavy atom. The third kappa shape index (κ3) is 2.93. The Morgan fingerprint density at radius 2 is 2.20 bits per heavy atom. The first-order valence-corrected chi connectivity index (χ1v) is 5.92. The average molecular weight is 281 g/mol. The first kappa shape index (κ1) is 14.0. The summed E-state index contributed by atoms with van der Waals surface area (Å²) in [5.74, 6) is -2.50. The minimum absolute atomic E-state index is 0.0123. The molecule has 2 N–H and O–H groups in total. The molecule has 0 saturated heterocycles.